The number of carbonyl (C=O) groups is 2. The molecule has 1 amide bonds. The SMILES string of the molecule is CC/C=C\C/C=C\C/C=C\C/C=C\C/C=C\C/C=C\CCCCCCCCCCC(=O)NC(COP(=O)([O-])OCC[N+](C)(C)C)C(/C=C\CCCCCCCCCCCC)OC(=O)CCCCCCCCCCCCCCC/C=C/CCCCCCCC. The van der Waals surface area contributed by atoms with Gasteiger partial charge in [-0.1, -0.05) is 311 Å². The molecule has 3 unspecified atom stereocenters. The normalized spacial score (nSPS) is 14.0. The highest BCUT2D eigenvalue weighted by atomic mass is 31.2. The van der Waals surface area contributed by atoms with Gasteiger partial charge in [-0.3, -0.25) is 14.2 Å². The van der Waals surface area contributed by atoms with Crippen molar-refractivity contribution in [2.24, 2.45) is 0 Å². The van der Waals surface area contributed by atoms with Crippen molar-refractivity contribution < 1.29 is 37.3 Å². The summed E-state index contributed by atoms with van der Waals surface area (Å²) in [5, 5.41) is 3.04. The molecule has 0 fully saturated rings. The van der Waals surface area contributed by atoms with Crippen LogP contribution in [0.5, 0.6) is 0 Å². The van der Waals surface area contributed by atoms with Crippen molar-refractivity contribution in [1.29, 1.82) is 0 Å². The van der Waals surface area contributed by atoms with E-state index in [4.69, 9.17) is 13.8 Å². The van der Waals surface area contributed by atoms with E-state index in [1.54, 1.807) is 0 Å². The minimum atomic E-state index is -4.71. The van der Waals surface area contributed by atoms with E-state index in [1.807, 2.05) is 33.3 Å². The Morgan fingerprint density at radius 1 is 0.409 bits per heavy atom. The largest absolute Gasteiger partial charge is 0.756 e. The van der Waals surface area contributed by atoms with Crippen LogP contribution in [-0.4, -0.2) is 69.4 Å². The number of rotatable bonds is 67. The van der Waals surface area contributed by atoms with Gasteiger partial charge in [-0.25, -0.2) is 0 Å². The molecule has 0 aromatic rings. The van der Waals surface area contributed by atoms with Crippen molar-refractivity contribution in [2.75, 3.05) is 40.9 Å². The number of ether oxygens (including phenoxy) is 1. The molecule has 0 aliphatic rings. The van der Waals surface area contributed by atoms with Crippen molar-refractivity contribution in [2.45, 2.75) is 348 Å². The Balaban J connectivity index is 5.04. The van der Waals surface area contributed by atoms with Crippen LogP contribution in [0.4, 0.5) is 0 Å². The fraction of sp³-hybridized carbons (Fsp3) is 0.769. The van der Waals surface area contributed by atoms with Crippen LogP contribution in [-0.2, 0) is 27.9 Å². The molecule has 0 spiro atoms. The maximum absolute atomic E-state index is 13.6. The van der Waals surface area contributed by atoms with Crippen molar-refractivity contribution in [3.05, 3.63) is 97.2 Å². The van der Waals surface area contributed by atoms with Gasteiger partial charge >= 0.3 is 5.97 Å². The van der Waals surface area contributed by atoms with Crippen LogP contribution in [0, 0.1) is 0 Å². The molecular weight excluding hydrogens is 1110 g/mol. The lowest BCUT2D eigenvalue weighted by Gasteiger charge is -2.30. The lowest BCUT2D eigenvalue weighted by molar-refractivity contribution is -0.870. The quantitative estimate of drug-likeness (QED) is 0.0212. The molecule has 0 aliphatic carbocycles. The number of nitrogens with zero attached hydrogens (tertiary/aromatic N) is 1. The number of carbonyl (C=O) groups excluding carboxylic acids is 2. The van der Waals surface area contributed by atoms with E-state index >= 15 is 0 Å². The highest BCUT2D eigenvalue weighted by Crippen LogP contribution is 2.38. The number of amides is 1. The standard InChI is InChI=1S/C78H141N2O7P/c1-7-10-13-16-19-22-25-28-30-32-34-36-38-39-40-41-43-44-46-48-50-52-55-58-61-64-67-70-77(81)79-75(74-86-88(83,84)85-73-72-80(4,5)6)76(69-66-63-60-57-54-27-24-21-18-15-12-9-3)87-78(82)71-68-65-62-59-56-53-51-49-47-45-42-37-35-33-31-29-26-23-20-17-14-11-8-2/h10,13,19,22,28-31,34,36,39-40,43-44,66,69,75-76H,7-9,11-12,14-18,20-21,23-27,32-33,35,37-38,41-42,45-65,67-68,70-74H2,1-6H3,(H-,79,81,83,84)/b13-10-,22-19-,30-28-,31-29+,36-34-,40-39-,44-43-,69-66-. The molecule has 3 atom stereocenters. The lowest BCUT2D eigenvalue weighted by Crippen LogP contribution is -2.47. The fourth-order valence-corrected chi connectivity index (χ4v) is 11.3. The predicted octanol–water partition coefficient (Wildman–Crippen LogP) is 23.2. The fourth-order valence-electron chi connectivity index (χ4n) is 10.6. The highest BCUT2D eigenvalue weighted by molar-refractivity contribution is 7.45. The van der Waals surface area contributed by atoms with Crippen LogP contribution >= 0.6 is 7.82 Å². The number of esters is 1. The smallest absolute Gasteiger partial charge is 0.306 e. The Morgan fingerprint density at radius 2 is 0.727 bits per heavy atom. The van der Waals surface area contributed by atoms with Crippen LogP contribution in [0.3, 0.4) is 0 Å². The highest BCUT2D eigenvalue weighted by Gasteiger charge is 2.27. The zero-order valence-corrected chi connectivity index (χ0v) is 59.3. The summed E-state index contributed by atoms with van der Waals surface area (Å²) in [4.78, 5) is 40.2. The molecule has 510 valence electrons. The summed E-state index contributed by atoms with van der Waals surface area (Å²) < 4.78 is 30.5. The maximum Gasteiger partial charge on any atom is 0.306 e. The summed E-state index contributed by atoms with van der Waals surface area (Å²) in [5.41, 5.74) is 0. The molecule has 0 aromatic heterocycles. The van der Waals surface area contributed by atoms with Crippen LogP contribution in [0.25, 0.3) is 0 Å². The summed E-state index contributed by atoms with van der Waals surface area (Å²) in [6, 6.07) is -0.899. The first-order chi connectivity index (χ1) is 42.9. The van der Waals surface area contributed by atoms with Gasteiger partial charge in [-0.15, -0.1) is 0 Å². The first-order valence-corrected chi connectivity index (χ1v) is 38.5. The first-order valence-electron chi connectivity index (χ1n) is 37.0. The Morgan fingerprint density at radius 3 is 1.10 bits per heavy atom. The van der Waals surface area contributed by atoms with Crippen LogP contribution < -0.4 is 10.2 Å². The van der Waals surface area contributed by atoms with E-state index in [9.17, 15) is 19.0 Å². The van der Waals surface area contributed by atoms with E-state index in [-0.39, 0.29) is 24.9 Å². The van der Waals surface area contributed by atoms with Crippen molar-refractivity contribution in [3.63, 3.8) is 0 Å². The molecule has 0 aromatic carbocycles. The summed E-state index contributed by atoms with van der Waals surface area (Å²) in [7, 11) is 1.18. The van der Waals surface area contributed by atoms with Gasteiger partial charge in [0.1, 0.15) is 19.3 Å². The van der Waals surface area contributed by atoms with Crippen molar-refractivity contribution in [3.8, 4) is 0 Å². The summed E-state index contributed by atoms with van der Waals surface area (Å²) in [6.07, 6.45) is 91.0. The van der Waals surface area contributed by atoms with Gasteiger partial charge in [0.25, 0.3) is 7.82 Å². The number of hydrogen-bond donors (Lipinski definition) is 1. The number of allylic oxidation sites excluding steroid dienone is 15. The third-order valence-electron chi connectivity index (χ3n) is 16.2. The molecule has 0 saturated carbocycles. The van der Waals surface area contributed by atoms with Crippen molar-refractivity contribution >= 4 is 19.7 Å². The van der Waals surface area contributed by atoms with E-state index in [0.29, 0.717) is 17.4 Å². The molecule has 9 nitrogen and oxygen atoms in total. The zero-order chi connectivity index (χ0) is 64.2. The first kappa shape index (κ1) is 84.9. The monoisotopic (exact) mass is 1250 g/mol. The minimum absolute atomic E-state index is 0.0270. The zero-order valence-electron chi connectivity index (χ0n) is 58.4. The maximum atomic E-state index is 13.6. The molecular formula is C78H141N2O7P. The topological polar surface area (TPSA) is 114 Å². The molecule has 0 radical (unpaired) electrons. The van der Waals surface area contributed by atoms with Gasteiger partial charge in [0.05, 0.1) is 33.8 Å². The van der Waals surface area contributed by atoms with Gasteiger partial charge in [0.2, 0.25) is 5.91 Å². The molecule has 0 saturated heterocycles. The Bertz CT molecular complexity index is 1830. The Kier molecular flexibility index (Phi) is 64.5. The Hall–Kier alpha value is -3.07. The summed E-state index contributed by atoms with van der Waals surface area (Å²) in [5.74, 6) is -0.544. The number of quaternary nitrogens is 1. The second-order valence-electron chi connectivity index (χ2n) is 26.1. The number of unbranched alkanes of at least 4 members (excludes halogenated alkanes) is 37. The van der Waals surface area contributed by atoms with E-state index in [2.05, 4.69) is 111 Å². The number of hydrogen-bond acceptors (Lipinski definition) is 7. The Labute approximate surface area is 545 Å². The average Bonchev–Trinajstić information content (AvgIpc) is 3.66. The average molecular weight is 1250 g/mol. The molecule has 88 heavy (non-hydrogen) atoms. The van der Waals surface area contributed by atoms with Crippen LogP contribution in [0.1, 0.15) is 335 Å². The molecule has 0 bridgehead atoms. The lowest BCUT2D eigenvalue weighted by atomic mass is 10.0. The van der Waals surface area contributed by atoms with Gasteiger partial charge in [0.15, 0.2) is 0 Å². The molecule has 0 rings (SSSR count). The number of phosphoric ester groups is 1. The van der Waals surface area contributed by atoms with Crippen LogP contribution in [0.2, 0.25) is 0 Å². The van der Waals surface area contributed by atoms with E-state index in [0.717, 1.165) is 109 Å². The van der Waals surface area contributed by atoms with Crippen molar-refractivity contribution in [1.82, 2.24) is 5.32 Å². The number of phosphoric acid groups is 1. The summed E-state index contributed by atoms with van der Waals surface area (Å²) in [6.45, 7) is 6.75. The predicted molar refractivity (Wildman–Crippen MR) is 381 cm³/mol. The second-order valence-corrected chi connectivity index (χ2v) is 27.5. The van der Waals surface area contributed by atoms with E-state index in [1.165, 1.54) is 193 Å². The van der Waals surface area contributed by atoms with E-state index < -0.39 is 26.6 Å². The molecule has 0 heterocycles. The number of nitrogens with one attached hydrogen (secondary N) is 1. The van der Waals surface area contributed by atoms with Gasteiger partial charge in [-0.2, -0.15) is 0 Å². The van der Waals surface area contributed by atoms with Gasteiger partial charge < -0.3 is 28.5 Å². The third kappa shape index (κ3) is 67.3. The summed E-state index contributed by atoms with van der Waals surface area (Å²) >= 11 is 0. The minimum Gasteiger partial charge on any atom is -0.756 e. The van der Waals surface area contributed by atoms with Gasteiger partial charge in [0, 0.05) is 12.8 Å². The molecule has 10 heteroatoms. The van der Waals surface area contributed by atoms with Crippen LogP contribution in [0.15, 0.2) is 97.2 Å². The molecule has 1 N–H and O–H groups in total. The number of likely N-dealkylation sites (N-methyl/N-ethyl adjacent to an activating group) is 1. The third-order valence-corrected chi connectivity index (χ3v) is 17.2. The second kappa shape index (κ2) is 66.8. The van der Waals surface area contributed by atoms with Gasteiger partial charge in [-0.05, 0) is 109 Å². The molecule has 0 aliphatic heterocycles.